The van der Waals surface area contributed by atoms with Crippen molar-refractivity contribution in [3.05, 3.63) is 85.2 Å². The van der Waals surface area contributed by atoms with Crippen molar-refractivity contribution in [1.29, 1.82) is 0 Å². The van der Waals surface area contributed by atoms with E-state index < -0.39 is 0 Å². The summed E-state index contributed by atoms with van der Waals surface area (Å²) < 4.78 is 14.7. The van der Waals surface area contributed by atoms with Gasteiger partial charge in [-0.25, -0.2) is 9.67 Å². The van der Waals surface area contributed by atoms with E-state index in [4.69, 9.17) is 9.47 Å². The van der Waals surface area contributed by atoms with Crippen LogP contribution in [0.4, 0.5) is 5.69 Å². The summed E-state index contributed by atoms with van der Waals surface area (Å²) in [4.78, 5) is 16.8. The Hall–Kier alpha value is -4.07. The molecule has 0 aliphatic heterocycles. The summed E-state index contributed by atoms with van der Waals surface area (Å²) in [7, 11) is 1.51. The molecule has 1 N–H and O–H groups in total. The van der Waals surface area contributed by atoms with Gasteiger partial charge in [-0.3, -0.25) is 4.79 Å². The number of amides is 1. The van der Waals surface area contributed by atoms with E-state index in [9.17, 15) is 4.79 Å². The Balaban J connectivity index is 1.44. The molecule has 0 bridgehead atoms. The van der Waals surface area contributed by atoms with E-state index in [0.717, 1.165) is 5.69 Å². The Morgan fingerprint density at radius 2 is 2.00 bits per heavy atom. The van der Waals surface area contributed by atoms with E-state index >= 15 is 0 Å². The van der Waals surface area contributed by atoms with E-state index in [0.29, 0.717) is 30.3 Å². The van der Waals surface area contributed by atoms with Crippen LogP contribution in [0, 0.1) is 0 Å². The van der Waals surface area contributed by atoms with Crippen LogP contribution in [-0.2, 0) is 6.54 Å². The number of benzene rings is 2. The third-order valence-corrected chi connectivity index (χ3v) is 4.41. The molecule has 4 aromatic rings. The lowest BCUT2D eigenvalue weighted by Crippen LogP contribution is -2.14. The van der Waals surface area contributed by atoms with Crippen molar-refractivity contribution in [2.45, 2.75) is 6.54 Å². The molecule has 0 atom stereocenters. The summed E-state index contributed by atoms with van der Waals surface area (Å²) in [6.07, 6.45) is 7.02. The number of nitrogens with one attached hydrogen (secondary N) is 1. The van der Waals surface area contributed by atoms with Crippen molar-refractivity contribution >= 4 is 11.6 Å². The standard InChI is InChI=1S/C22H21N5O3/c1-29-20-15-27(18-7-3-2-4-8-18)25-21(20)22(28)24-17-6-5-9-19(14-17)30-13-12-26-11-10-23-16-26/h2-11,14-16H,12-13H2,1H3,(H,24,28). The molecule has 0 spiro atoms. The highest BCUT2D eigenvalue weighted by Gasteiger charge is 2.18. The number of carbonyl (C=O) groups is 1. The third kappa shape index (κ3) is 4.49. The number of para-hydroxylation sites is 1. The quantitative estimate of drug-likeness (QED) is 0.487. The lowest BCUT2D eigenvalue weighted by atomic mass is 10.3. The average Bonchev–Trinajstić information content (AvgIpc) is 3.45. The number of hydrogen-bond acceptors (Lipinski definition) is 5. The fraction of sp³-hybridized carbons (Fsp3) is 0.136. The molecule has 0 aliphatic carbocycles. The van der Waals surface area contributed by atoms with E-state index in [2.05, 4.69) is 15.4 Å². The van der Waals surface area contributed by atoms with Crippen LogP contribution in [0.15, 0.2) is 79.5 Å². The minimum atomic E-state index is -0.364. The van der Waals surface area contributed by atoms with Crippen LogP contribution >= 0.6 is 0 Å². The fourth-order valence-corrected chi connectivity index (χ4v) is 2.92. The van der Waals surface area contributed by atoms with Gasteiger partial charge in [0.05, 0.1) is 31.9 Å². The Morgan fingerprint density at radius 1 is 1.13 bits per heavy atom. The van der Waals surface area contributed by atoms with Gasteiger partial charge in [0.1, 0.15) is 12.4 Å². The highest BCUT2D eigenvalue weighted by molar-refractivity contribution is 6.04. The third-order valence-electron chi connectivity index (χ3n) is 4.41. The van der Waals surface area contributed by atoms with Gasteiger partial charge in [0, 0.05) is 24.1 Å². The molecule has 8 heteroatoms. The summed E-state index contributed by atoms with van der Waals surface area (Å²) in [5.41, 5.74) is 1.65. The lowest BCUT2D eigenvalue weighted by molar-refractivity contribution is 0.101. The Labute approximate surface area is 173 Å². The first kappa shape index (κ1) is 19.3. The van der Waals surface area contributed by atoms with Crippen molar-refractivity contribution < 1.29 is 14.3 Å². The molecule has 0 unspecified atom stereocenters. The second-order valence-corrected chi connectivity index (χ2v) is 6.46. The molecule has 0 aliphatic rings. The van der Waals surface area contributed by atoms with E-state index in [1.807, 2.05) is 53.2 Å². The first-order valence-corrected chi connectivity index (χ1v) is 9.42. The number of hydrogen-bond donors (Lipinski definition) is 1. The number of rotatable bonds is 8. The smallest absolute Gasteiger partial charge is 0.280 e. The zero-order valence-corrected chi connectivity index (χ0v) is 16.4. The molecule has 0 radical (unpaired) electrons. The molecule has 2 heterocycles. The monoisotopic (exact) mass is 403 g/mol. The molecule has 1 amide bonds. The molecular formula is C22H21N5O3. The van der Waals surface area contributed by atoms with Crippen LogP contribution in [0.5, 0.6) is 11.5 Å². The summed E-state index contributed by atoms with van der Waals surface area (Å²) in [5, 5.41) is 7.24. The van der Waals surface area contributed by atoms with Gasteiger partial charge in [-0.2, -0.15) is 5.10 Å². The number of anilines is 1. The van der Waals surface area contributed by atoms with Crippen molar-refractivity contribution in [2.75, 3.05) is 19.0 Å². The first-order valence-electron chi connectivity index (χ1n) is 9.42. The summed E-state index contributed by atoms with van der Waals surface area (Å²) in [6.45, 7) is 1.17. The zero-order valence-electron chi connectivity index (χ0n) is 16.4. The maximum atomic E-state index is 12.8. The molecule has 152 valence electrons. The second-order valence-electron chi connectivity index (χ2n) is 6.46. The molecule has 0 fully saturated rings. The predicted octanol–water partition coefficient (Wildman–Crippen LogP) is 3.41. The maximum absolute atomic E-state index is 12.8. The average molecular weight is 403 g/mol. The van der Waals surface area contributed by atoms with Gasteiger partial charge in [0.2, 0.25) is 0 Å². The highest BCUT2D eigenvalue weighted by atomic mass is 16.5. The van der Waals surface area contributed by atoms with Gasteiger partial charge in [-0.05, 0) is 24.3 Å². The number of methoxy groups -OCH3 is 1. The van der Waals surface area contributed by atoms with E-state index in [1.165, 1.54) is 7.11 Å². The fourth-order valence-electron chi connectivity index (χ4n) is 2.92. The maximum Gasteiger partial charge on any atom is 0.280 e. The summed E-state index contributed by atoms with van der Waals surface area (Å²) >= 11 is 0. The second kappa shape index (κ2) is 8.95. The lowest BCUT2D eigenvalue weighted by Gasteiger charge is -2.09. The molecule has 8 nitrogen and oxygen atoms in total. The zero-order chi connectivity index (χ0) is 20.8. The van der Waals surface area contributed by atoms with Gasteiger partial charge in [-0.15, -0.1) is 0 Å². The molecular weight excluding hydrogens is 382 g/mol. The molecule has 4 rings (SSSR count). The van der Waals surface area contributed by atoms with E-state index in [-0.39, 0.29) is 11.6 Å². The molecule has 2 aromatic carbocycles. The van der Waals surface area contributed by atoms with E-state index in [1.54, 1.807) is 35.5 Å². The van der Waals surface area contributed by atoms with Gasteiger partial charge in [0.25, 0.3) is 5.91 Å². The summed E-state index contributed by atoms with van der Waals surface area (Å²) in [6, 6.07) is 16.8. The Bertz CT molecular complexity index is 1110. The summed E-state index contributed by atoms with van der Waals surface area (Å²) in [5.74, 6) is 0.691. The first-order chi connectivity index (χ1) is 14.7. The molecule has 30 heavy (non-hydrogen) atoms. The van der Waals surface area contributed by atoms with Gasteiger partial charge >= 0.3 is 0 Å². The largest absolute Gasteiger partial charge is 0.493 e. The van der Waals surface area contributed by atoms with Crippen LogP contribution in [0.2, 0.25) is 0 Å². The van der Waals surface area contributed by atoms with Gasteiger partial charge < -0.3 is 19.4 Å². The number of nitrogens with zero attached hydrogens (tertiary/aromatic N) is 4. The SMILES string of the molecule is COc1cn(-c2ccccc2)nc1C(=O)Nc1cccc(OCCn2ccnc2)c1. The minimum Gasteiger partial charge on any atom is -0.493 e. The Morgan fingerprint density at radius 3 is 2.77 bits per heavy atom. The van der Waals surface area contributed by atoms with Crippen LogP contribution in [0.25, 0.3) is 5.69 Å². The number of imidazole rings is 1. The predicted molar refractivity (Wildman–Crippen MR) is 112 cm³/mol. The van der Waals surface area contributed by atoms with Gasteiger partial charge in [-0.1, -0.05) is 24.3 Å². The number of carbonyl (C=O) groups excluding carboxylic acids is 1. The van der Waals surface area contributed by atoms with Gasteiger partial charge in [0.15, 0.2) is 11.4 Å². The van der Waals surface area contributed by atoms with Crippen LogP contribution in [0.1, 0.15) is 10.5 Å². The van der Waals surface area contributed by atoms with Crippen LogP contribution in [-0.4, -0.2) is 39.0 Å². The van der Waals surface area contributed by atoms with Crippen molar-refractivity contribution in [2.24, 2.45) is 0 Å². The Kier molecular flexibility index (Phi) is 5.75. The minimum absolute atomic E-state index is 0.202. The molecule has 0 saturated heterocycles. The normalized spacial score (nSPS) is 10.6. The van der Waals surface area contributed by atoms with Crippen molar-refractivity contribution in [1.82, 2.24) is 19.3 Å². The van der Waals surface area contributed by atoms with Crippen molar-refractivity contribution in [3.8, 4) is 17.2 Å². The number of ether oxygens (including phenoxy) is 2. The molecule has 0 saturated carbocycles. The topological polar surface area (TPSA) is 83.2 Å². The molecule has 2 aromatic heterocycles. The highest BCUT2D eigenvalue weighted by Crippen LogP contribution is 2.22. The van der Waals surface area contributed by atoms with Crippen molar-refractivity contribution in [3.63, 3.8) is 0 Å². The van der Waals surface area contributed by atoms with Crippen LogP contribution < -0.4 is 14.8 Å². The van der Waals surface area contributed by atoms with Crippen LogP contribution in [0.3, 0.4) is 0 Å². The number of aromatic nitrogens is 4.